The predicted molar refractivity (Wildman–Crippen MR) is 106 cm³/mol. The lowest BCUT2D eigenvalue weighted by molar-refractivity contribution is 0.102. The van der Waals surface area contributed by atoms with Crippen molar-refractivity contribution >= 4 is 22.9 Å². The van der Waals surface area contributed by atoms with Gasteiger partial charge in [0.1, 0.15) is 28.8 Å². The van der Waals surface area contributed by atoms with Gasteiger partial charge in [-0.3, -0.25) is 4.79 Å². The van der Waals surface area contributed by atoms with Crippen molar-refractivity contribution in [3.63, 3.8) is 0 Å². The fourth-order valence-electron chi connectivity index (χ4n) is 2.32. The minimum atomic E-state index is -0.248. The van der Waals surface area contributed by atoms with E-state index in [2.05, 4.69) is 10.3 Å². The maximum Gasteiger partial charge on any atom is 0.275 e. The molecule has 0 saturated heterocycles. The molecule has 0 radical (unpaired) electrons. The molecule has 0 aliphatic heterocycles. The highest BCUT2D eigenvalue weighted by Crippen LogP contribution is 2.26. The summed E-state index contributed by atoms with van der Waals surface area (Å²) in [4.78, 5) is 16.8. The SMILES string of the molecule is COCCOc1ccc(-c2nc(C(=O)Nc3ccc(OC)cc3)cs2)cc1. The highest BCUT2D eigenvalue weighted by atomic mass is 32.1. The summed E-state index contributed by atoms with van der Waals surface area (Å²) >= 11 is 1.42. The molecular weight excluding hydrogens is 364 g/mol. The average molecular weight is 384 g/mol. The Balaban J connectivity index is 1.63. The Morgan fingerprint density at radius 3 is 2.37 bits per heavy atom. The number of amides is 1. The van der Waals surface area contributed by atoms with Crippen LogP contribution in [0.2, 0.25) is 0 Å². The number of carbonyl (C=O) groups is 1. The third kappa shape index (κ3) is 5.06. The maximum atomic E-state index is 12.4. The van der Waals surface area contributed by atoms with E-state index in [-0.39, 0.29) is 5.91 Å². The molecule has 6 nitrogen and oxygen atoms in total. The van der Waals surface area contributed by atoms with Gasteiger partial charge in [-0.15, -0.1) is 11.3 Å². The number of thiazole rings is 1. The van der Waals surface area contributed by atoms with Crippen LogP contribution in [0.5, 0.6) is 11.5 Å². The fourth-order valence-corrected chi connectivity index (χ4v) is 3.12. The fraction of sp³-hybridized carbons (Fsp3) is 0.200. The lowest BCUT2D eigenvalue weighted by atomic mass is 10.2. The van der Waals surface area contributed by atoms with Crippen molar-refractivity contribution in [2.45, 2.75) is 0 Å². The topological polar surface area (TPSA) is 69.7 Å². The second-order valence-electron chi connectivity index (χ2n) is 5.59. The number of rotatable bonds is 8. The number of carbonyl (C=O) groups excluding carboxylic acids is 1. The van der Waals surface area contributed by atoms with Crippen molar-refractivity contribution in [2.75, 3.05) is 32.8 Å². The van der Waals surface area contributed by atoms with Crippen LogP contribution in [-0.4, -0.2) is 38.3 Å². The predicted octanol–water partition coefficient (Wildman–Crippen LogP) is 4.10. The lowest BCUT2D eigenvalue weighted by Crippen LogP contribution is -2.12. The number of aromatic nitrogens is 1. The van der Waals surface area contributed by atoms with Crippen molar-refractivity contribution in [3.8, 4) is 22.1 Å². The third-order valence-electron chi connectivity index (χ3n) is 3.74. The van der Waals surface area contributed by atoms with Crippen LogP contribution >= 0.6 is 11.3 Å². The second-order valence-corrected chi connectivity index (χ2v) is 6.44. The number of ether oxygens (including phenoxy) is 3. The molecule has 1 N–H and O–H groups in total. The van der Waals surface area contributed by atoms with Gasteiger partial charge in [-0.05, 0) is 48.5 Å². The quantitative estimate of drug-likeness (QED) is 0.592. The van der Waals surface area contributed by atoms with Gasteiger partial charge in [0.25, 0.3) is 5.91 Å². The summed E-state index contributed by atoms with van der Waals surface area (Å²) in [6.07, 6.45) is 0. The third-order valence-corrected chi connectivity index (χ3v) is 4.63. The molecule has 0 aliphatic rings. The molecule has 2 aromatic carbocycles. The van der Waals surface area contributed by atoms with Crippen LogP contribution in [0.25, 0.3) is 10.6 Å². The molecule has 140 valence electrons. The summed E-state index contributed by atoms with van der Waals surface area (Å²) < 4.78 is 15.6. The van der Waals surface area contributed by atoms with E-state index in [1.54, 1.807) is 43.9 Å². The molecule has 0 fully saturated rings. The Morgan fingerprint density at radius 1 is 1.00 bits per heavy atom. The van der Waals surface area contributed by atoms with Crippen molar-refractivity contribution in [3.05, 3.63) is 59.6 Å². The summed E-state index contributed by atoms with van der Waals surface area (Å²) in [5.41, 5.74) is 2.00. The molecule has 1 aromatic heterocycles. The van der Waals surface area contributed by atoms with Gasteiger partial charge in [-0.25, -0.2) is 4.98 Å². The first-order valence-electron chi connectivity index (χ1n) is 8.32. The minimum Gasteiger partial charge on any atom is -0.497 e. The van der Waals surface area contributed by atoms with E-state index in [0.29, 0.717) is 24.6 Å². The lowest BCUT2D eigenvalue weighted by Gasteiger charge is -2.05. The summed E-state index contributed by atoms with van der Waals surface area (Å²) in [6.45, 7) is 1.05. The van der Waals surface area contributed by atoms with Crippen molar-refractivity contribution in [1.82, 2.24) is 4.98 Å². The van der Waals surface area contributed by atoms with E-state index in [9.17, 15) is 4.79 Å². The summed E-state index contributed by atoms with van der Waals surface area (Å²) in [6, 6.07) is 14.8. The Labute approximate surface area is 161 Å². The number of nitrogens with zero attached hydrogens (tertiary/aromatic N) is 1. The van der Waals surface area contributed by atoms with E-state index in [0.717, 1.165) is 22.1 Å². The number of methoxy groups -OCH3 is 2. The molecule has 0 atom stereocenters. The highest BCUT2D eigenvalue weighted by Gasteiger charge is 2.12. The van der Waals surface area contributed by atoms with E-state index >= 15 is 0 Å². The zero-order chi connectivity index (χ0) is 19.1. The van der Waals surface area contributed by atoms with Gasteiger partial charge in [0, 0.05) is 23.7 Å². The maximum absolute atomic E-state index is 12.4. The van der Waals surface area contributed by atoms with Gasteiger partial charge < -0.3 is 19.5 Å². The molecule has 7 heteroatoms. The van der Waals surface area contributed by atoms with Crippen LogP contribution in [0.3, 0.4) is 0 Å². The first-order chi connectivity index (χ1) is 13.2. The number of nitrogens with one attached hydrogen (secondary N) is 1. The molecule has 1 amide bonds. The molecule has 0 spiro atoms. The molecular formula is C20H20N2O4S. The smallest absolute Gasteiger partial charge is 0.275 e. The monoisotopic (exact) mass is 384 g/mol. The van der Waals surface area contributed by atoms with E-state index < -0.39 is 0 Å². The van der Waals surface area contributed by atoms with Crippen molar-refractivity contribution in [2.24, 2.45) is 0 Å². The first kappa shape index (κ1) is 18.9. The van der Waals surface area contributed by atoms with E-state index in [1.165, 1.54) is 11.3 Å². The number of anilines is 1. The van der Waals surface area contributed by atoms with E-state index in [1.807, 2.05) is 24.3 Å². The van der Waals surface area contributed by atoms with Gasteiger partial charge >= 0.3 is 0 Å². The number of benzene rings is 2. The number of hydrogen-bond acceptors (Lipinski definition) is 6. The molecule has 0 saturated carbocycles. The summed E-state index contributed by atoms with van der Waals surface area (Å²) in [5, 5.41) is 5.35. The second kappa shape index (κ2) is 9.16. The van der Waals surface area contributed by atoms with Crippen LogP contribution in [0.1, 0.15) is 10.5 Å². The standard InChI is InChI=1S/C20H20N2O4S/c1-24-11-12-26-17-7-3-14(4-8-17)20-22-18(13-27-20)19(23)21-15-5-9-16(25-2)10-6-15/h3-10,13H,11-12H2,1-2H3,(H,21,23). The van der Waals surface area contributed by atoms with Gasteiger partial charge in [0.2, 0.25) is 0 Å². The Bertz CT molecular complexity index is 876. The minimum absolute atomic E-state index is 0.248. The van der Waals surface area contributed by atoms with Crippen LogP contribution in [0.4, 0.5) is 5.69 Å². The molecule has 0 aliphatic carbocycles. The molecule has 3 rings (SSSR count). The summed E-state index contributed by atoms with van der Waals surface area (Å²) in [7, 11) is 3.24. The molecule has 0 unspecified atom stereocenters. The Hall–Kier alpha value is -2.90. The van der Waals surface area contributed by atoms with Gasteiger partial charge in [0.15, 0.2) is 0 Å². The Morgan fingerprint density at radius 2 is 1.70 bits per heavy atom. The Kier molecular flexibility index (Phi) is 6.40. The van der Waals surface area contributed by atoms with Crippen LogP contribution < -0.4 is 14.8 Å². The normalized spacial score (nSPS) is 10.4. The molecule has 3 aromatic rings. The summed E-state index contributed by atoms with van der Waals surface area (Å²) in [5.74, 6) is 1.26. The van der Waals surface area contributed by atoms with Crippen LogP contribution in [0.15, 0.2) is 53.9 Å². The van der Waals surface area contributed by atoms with Crippen molar-refractivity contribution in [1.29, 1.82) is 0 Å². The number of hydrogen-bond donors (Lipinski definition) is 1. The van der Waals surface area contributed by atoms with Gasteiger partial charge in [-0.2, -0.15) is 0 Å². The molecule has 1 heterocycles. The largest absolute Gasteiger partial charge is 0.497 e. The average Bonchev–Trinajstić information content (AvgIpc) is 3.20. The van der Waals surface area contributed by atoms with Gasteiger partial charge in [0.05, 0.1) is 13.7 Å². The molecule has 27 heavy (non-hydrogen) atoms. The highest BCUT2D eigenvalue weighted by molar-refractivity contribution is 7.13. The zero-order valence-electron chi connectivity index (χ0n) is 15.1. The zero-order valence-corrected chi connectivity index (χ0v) is 15.9. The van der Waals surface area contributed by atoms with Crippen LogP contribution in [-0.2, 0) is 4.74 Å². The van der Waals surface area contributed by atoms with Crippen LogP contribution in [0, 0.1) is 0 Å². The first-order valence-corrected chi connectivity index (χ1v) is 9.20. The molecule has 0 bridgehead atoms. The van der Waals surface area contributed by atoms with E-state index in [4.69, 9.17) is 14.2 Å². The van der Waals surface area contributed by atoms with Gasteiger partial charge in [-0.1, -0.05) is 0 Å². The van der Waals surface area contributed by atoms with Crippen molar-refractivity contribution < 1.29 is 19.0 Å².